The molecule has 0 aliphatic carbocycles. The van der Waals surface area contributed by atoms with Gasteiger partial charge in [0.25, 0.3) is 0 Å². The van der Waals surface area contributed by atoms with Gasteiger partial charge in [-0.3, -0.25) is 0 Å². The average molecular weight is 220 g/mol. The molecule has 0 saturated carbocycles. The summed E-state index contributed by atoms with van der Waals surface area (Å²) in [6.45, 7) is 3.14. The van der Waals surface area contributed by atoms with Crippen molar-refractivity contribution in [3.63, 3.8) is 0 Å². The smallest absolute Gasteiger partial charge is 0.173 e. The molecule has 1 aliphatic heterocycles. The summed E-state index contributed by atoms with van der Waals surface area (Å²) < 4.78 is 0. The highest BCUT2D eigenvalue weighted by atomic mass is 16.4. The summed E-state index contributed by atoms with van der Waals surface area (Å²) in [6.07, 6.45) is 4.05. The van der Waals surface area contributed by atoms with Gasteiger partial charge in [0.05, 0.1) is 5.56 Å². The fourth-order valence-electron chi connectivity index (χ4n) is 2.13. The van der Waals surface area contributed by atoms with E-state index in [1.54, 1.807) is 12.3 Å². The number of aromatic nitrogens is 1. The van der Waals surface area contributed by atoms with Gasteiger partial charge in [0.1, 0.15) is 5.82 Å². The largest absolute Gasteiger partial charge is 0.409 e. The molecule has 86 valence electrons. The van der Waals surface area contributed by atoms with Crippen molar-refractivity contribution in [2.45, 2.75) is 25.8 Å². The van der Waals surface area contributed by atoms with Crippen LogP contribution in [-0.4, -0.2) is 28.6 Å². The van der Waals surface area contributed by atoms with E-state index < -0.39 is 0 Å². The van der Waals surface area contributed by atoms with Crippen molar-refractivity contribution in [2.24, 2.45) is 10.9 Å². The first-order valence-corrected chi connectivity index (χ1v) is 5.43. The molecule has 0 bridgehead atoms. The highest BCUT2D eigenvalue weighted by Gasteiger charge is 2.24. The predicted molar refractivity (Wildman–Crippen MR) is 62.8 cm³/mol. The first-order chi connectivity index (χ1) is 7.74. The molecule has 0 aromatic carbocycles. The number of hydrogen-bond acceptors (Lipinski definition) is 4. The van der Waals surface area contributed by atoms with Crippen molar-refractivity contribution in [3.8, 4) is 0 Å². The number of hydrogen-bond donors (Lipinski definition) is 2. The topological polar surface area (TPSA) is 74.7 Å². The summed E-state index contributed by atoms with van der Waals surface area (Å²) in [5.41, 5.74) is 6.33. The first kappa shape index (κ1) is 10.7. The number of anilines is 1. The lowest BCUT2D eigenvalue weighted by Crippen LogP contribution is -2.30. The molecule has 0 amide bonds. The number of amidine groups is 1. The van der Waals surface area contributed by atoms with Gasteiger partial charge in [0, 0.05) is 18.8 Å². The van der Waals surface area contributed by atoms with E-state index in [0.717, 1.165) is 25.2 Å². The van der Waals surface area contributed by atoms with Crippen LogP contribution in [0.25, 0.3) is 0 Å². The minimum atomic E-state index is 0.113. The molecule has 1 aromatic rings. The number of oxime groups is 1. The SMILES string of the molecule is CC1CCCN1c1ncccc1/C(N)=N/O. The maximum absolute atomic E-state index is 8.74. The summed E-state index contributed by atoms with van der Waals surface area (Å²) in [4.78, 5) is 6.54. The molecular weight excluding hydrogens is 204 g/mol. The summed E-state index contributed by atoms with van der Waals surface area (Å²) in [5, 5.41) is 11.8. The van der Waals surface area contributed by atoms with Crippen LogP contribution in [0.15, 0.2) is 23.5 Å². The maximum Gasteiger partial charge on any atom is 0.173 e. The van der Waals surface area contributed by atoms with E-state index in [1.807, 2.05) is 6.07 Å². The van der Waals surface area contributed by atoms with E-state index in [9.17, 15) is 0 Å². The molecule has 1 saturated heterocycles. The monoisotopic (exact) mass is 220 g/mol. The van der Waals surface area contributed by atoms with Gasteiger partial charge in [-0.1, -0.05) is 5.16 Å². The van der Waals surface area contributed by atoms with Gasteiger partial charge >= 0.3 is 0 Å². The molecule has 1 aliphatic rings. The molecule has 0 radical (unpaired) electrons. The van der Waals surface area contributed by atoms with Crippen LogP contribution >= 0.6 is 0 Å². The van der Waals surface area contributed by atoms with E-state index in [4.69, 9.17) is 10.9 Å². The third-order valence-electron chi connectivity index (χ3n) is 3.00. The summed E-state index contributed by atoms with van der Waals surface area (Å²) >= 11 is 0. The third kappa shape index (κ3) is 1.80. The lowest BCUT2D eigenvalue weighted by Gasteiger charge is -2.24. The molecule has 2 rings (SSSR count). The Morgan fingerprint density at radius 2 is 2.50 bits per heavy atom. The van der Waals surface area contributed by atoms with E-state index >= 15 is 0 Å². The summed E-state index contributed by atoms with van der Waals surface area (Å²) in [7, 11) is 0. The number of pyridine rings is 1. The highest BCUT2D eigenvalue weighted by molar-refractivity contribution is 6.01. The molecule has 0 spiro atoms. The standard InChI is InChI=1S/C11H16N4O/c1-8-4-3-7-15(8)11-9(10(12)14-16)5-2-6-13-11/h2,5-6,8,16H,3-4,7H2,1H3,(H2,12,14). The molecule has 5 nitrogen and oxygen atoms in total. The summed E-state index contributed by atoms with van der Waals surface area (Å²) in [6, 6.07) is 4.07. The van der Waals surface area contributed by atoms with Crippen molar-refractivity contribution in [1.29, 1.82) is 0 Å². The normalized spacial score (nSPS) is 21.4. The van der Waals surface area contributed by atoms with Crippen molar-refractivity contribution in [2.75, 3.05) is 11.4 Å². The predicted octanol–water partition coefficient (Wildman–Crippen LogP) is 1.16. The number of rotatable bonds is 2. The van der Waals surface area contributed by atoms with Gasteiger partial charge in [-0.15, -0.1) is 0 Å². The maximum atomic E-state index is 8.74. The molecule has 1 unspecified atom stereocenters. The Kier molecular flexibility index (Phi) is 2.94. The van der Waals surface area contributed by atoms with Crippen molar-refractivity contribution in [3.05, 3.63) is 23.9 Å². The lowest BCUT2D eigenvalue weighted by molar-refractivity contribution is 0.318. The van der Waals surface area contributed by atoms with E-state index in [-0.39, 0.29) is 5.84 Å². The quantitative estimate of drug-likeness (QED) is 0.339. The molecular formula is C11H16N4O. The zero-order valence-electron chi connectivity index (χ0n) is 9.30. The van der Waals surface area contributed by atoms with Crippen LogP contribution in [0.5, 0.6) is 0 Å². The Bertz CT molecular complexity index is 405. The van der Waals surface area contributed by atoms with Gasteiger partial charge in [-0.25, -0.2) is 4.98 Å². The Hall–Kier alpha value is -1.78. The molecule has 5 heteroatoms. The zero-order chi connectivity index (χ0) is 11.5. The van der Waals surface area contributed by atoms with E-state index in [1.165, 1.54) is 0 Å². The summed E-state index contributed by atoms with van der Waals surface area (Å²) in [5.74, 6) is 0.921. The third-order valence-corrected chi connectivity index (χ3v) is 3.00. The van der Waals surface area contributed by atoms with E-state index in [2.05, 4.69) is 22.0 Å². The van der Waals surface area contributed by atoms with Crippen LogP contribution in [0.2, 0.25) is 0 Å². The zero-order valence-corrected chi connectivity index (χ0v) is 9.30. The van der Waals surface area contributed by atoms with Crippen molar-refractivity contribution < 1.29 is 5.21 Å². The van der Waals surface area contributed by atoms with Crippen LogP contribution in [0.1, 0.15) is 25.3 Å². The number of nitrogens with two attached hydrogens (primary N) is 1. The Labute approximate surface area is 94.6 Å². The van der Waals surface area contributed by atoms with Gasteiger partial charge in [-0.05, 0) is 31.9 Å². The van der Waals surface area contributed by atoms with Crippen molar-refractivity contribution >= 4 is 11.7 Å². The Balaban J connectivity index is 2.40. The van der Waals surface area contributed by atoms with Gasteiger partial charge in [-0.2, -0.15) is 0 Å². The second kappa shape index (κ2) is 4.38. The van der Waals surface area contributed by atoms with Gasteiger partial charge < -0.3 is 15.8 Å². The Morgan fingerprint density at radius 3 is 3.12 bits per heavy atom. The second-order valence-electron chi connectivity index (χ2n) is 4.04. The molecule has 3 N–H and O–H groups in total. The fraction of sp³-hybridized carbons (Fsp3) is 0.455. The average Bonchev–Trinajstić information content (AvgIpc) is 2.74. The van der Waals surface area contributed by atoms with Crippen molar-refractivity contribution in [1.82, 2.24) is 4.98 Å². The van der Waals surface area contributed by atoms with Crippen LogP contribution in [-0.2, 0) is 0 Å². The molecule has 2 heterocycles. The molecule has 16 heavy (non-hydrogen) atoms. The Morgan fingerprint density at radius 1 is 1.69 bits per heavy atom. The van der Waals surface area contributed by atoms with Crippen LogP contribution < -0.4 is 10.6 Å². The number of nitrogens with zero attached hydrogens (tertiary/aromatic N) is 3. The van der Waals surface area contributed by atoms with Crippen LogP contribution in [0.4, 0.5) is 5.82 Å². The van der Waals surface area contributed by atoms with Gasteiger partial charge in [0.15, 0.2) is 5.84 Å². The van der Waals surface area contributed by atoms with Crippen LogP contribution in [0, 0.1) is 0 Å². The lowest BCUT2D eigenvalue weighted by atomic mass is 10.2. The minimum Gasteiger partial charge on any atom is -0.409 e. The first-order valence-electron chi connectivity index (χ1n) is 5.43. The minimum absolute atomic E-state index is 0.113. The fourth-order valence-corrected chi connectivity index (χ4v) is 2.13. The molecule has 1 fully saturated rings. The van der Waals surface area contributed by atoms with E-state index in [0.29, 0.717) is 11.6 Å². The van der Waals surface area contributed by atoms with Gasteiger partial charge in [0.2, 0.25) is 0 Å². The van der Waals surface area contributed by atoms with Crippen LogP contribution in [0.3, 0.4) is 0 Å². The highest BCUT2D eigenvalue weighted by Crippen LogP contribution is 2.26. The molecule has 1 atom stereocenters. The molecule has 1 aromatic heterocycles. The second-order valence-corrected chi connectivity index (χ2v) is 4.04.